The predicted molar refractivity (Wildman–Crippen MR) is 77.3 cm³/mol. The summed E-state index contributed by atoms with van der Waals surface area (Å²) in [4.78, 5) is 49.4. The molecule has 6 heteroatoms. The van der Waals surface area contributed by atoms with Crippen LogP contribution >= 0.6 is 0 Å². The Balaban J connectivity index is 2.46. The minimum atomic E-state index is -1.51. The molecule has 1 atom stereocenters. The highest BCUT2D eigenvalue weighted by atomic mass is 16.5. The van der Waals surface area contributed by atoms with Crippen molar-refractivity contribution >= 4 is 23.6 Å². The van der Waals surface area contributed by atoms with Crippen molar-refractivity contribution in [3.63, 3.8) is 0 Å². The zero-order valence-electron chi connectivity index (χ0n) is 12.7. The Bertz CT molecular complexity index is 631. The van der Waals surface area contributed by atoms with Crippen LogP contribution in [-0.2, 0) is 14.3 Å². The first-order valence-corrected chi connectivity index (χ1v) is 6.88. The molecule has 0 N–H and O–H groups in total. The molecule has 0 spiro atoms. The van der Waals surface area contributed by atoms with Crippen molar-refractivity contribution in [1.29, 1.82) is 0 Å². The summed E-state index contributed by atoms with van der Waals surface area (Å²) in [7, 11) is 1.19. The Morgan fingerprint density at radius 1 is 1.14 bits per heavy atom. The lowest BCUT2D eigenvalue weighted by molar-refractivity contribution is -0.151. The number of fused-ring (bicyclic) bond motifs is 1. The van der Waals surface area contributed by atoms with Crippen LogP contribution in [0.2, 0.25) is 0 Å². The highest BCUT2D eigenvalue weighted by molar-refractivity contribution is 6.23. The summed E-state index contributed by atoms with van der Waals surface area (Å²) in [5.41, 5.74) is -0.996. The van der Waals surface area contributed by atoms with Crippen molar-refractivity contribution in [1.82, 2.24) is 4.90 Å². The first-order chi connectivity index (χ1) is 10.3. The topological polar surface area (TPSA) is 80.8 Å². The van der Waals surface area contributed by atoms with Gasteiger partial charge >= 0.3 is 5.97 Å². The van der Waals surface area contributed by atoms with Crippen LogP contribution in [0.25, 0.3) is 0 Å². The number of imide groups is 1. The maximum Gasteiger partial charge on any atom is 0.332 e. The lowest BCUT2D eigenvalue weighted by Crippen LogP contribution is -2.55. The second kappa shape index (κ2) is 5.71. The fraction of sp³-hybridized carbons (Fsp3) is 0.375. The number of Topliss-reactive ketones (excluding diaryl/α,β-unsaturated/α-hetero) is 1. The molecular weight excluding hydrogens is 286 g/mol. The first-order valence-electron chi connectivity index (χ1n) is 6.88. The predicted octanol–water partition coefficient (Wildman–Crippen LogP) is 1.58. The van der Waals surface area contributed by atoms with E-state index in [1.807, 2.05) is 0 Å². The van der Waals surface area contributed by atoms with E-state index in [4.69, 9.17) is 4.74 Å². The van der Waals surface area contributed by atoms with Crippen molar-refractivity contribution in [2.45, 2.75) is 32.2 Å². The third kappa shape index (κ3) is 2.41. The van der Waals surface area contributed by atoms with E-state index in [-0.39, 0.29) is 29.8 Å². The molecule has 0 radical (unpaired) electrons. The number of nitrogens with zero attached hydrogens (tertiary/aromatic N) is 1. The quantitative estimate of drug-likeness (QED) is 0.609. The first kappa shape index (κ1) is 15.9. The number of benzene rings is 1. The van der Waals surface area contributed by atoms with E-state index >= 15 is 0 Å². The number of ketones is 1. The van der Waals surface area contributed by atoms with Gasteiger partial charge in [-0.15, -0.1) is 0 Å². The maximum absolute atomic E-state index is 12.5. The van der Waals surface area contributed by atoms with E-state index in [1.165, 1.54) is 33.1 Å². The molecule has 1 unspecified atom stereocenters. The van der Waals surface area contributed by atoms with Gasteiger partial charge < -0.3 is 9.53 Å². The highest BCUT2D eigenvalue weighted by Gasteiger charge is 2.51. The average Bonchev–Trinajstić information content (AvgIpc) is 2.76. The molecule has 1 heterocycles. The fourth-order valence-corrected chi connectivity index (χ4v) is 2.58. The van der Waals surface area contributed by atoms with Gasteiger partial charge in [0.1, 0.15) is 11.3 Å². The number of carbonyl (C=O) groups excluding carboxylic acids is 4. The van der Waals surface area contributed by atoms with Gasteiger partial charge in [0.15, 0.2) is 0 Å². The SMILES string of the molecule is COC(=O)C(C)(CCC(C)=O)N1C(=O)c2ccccc2C1=O. The second-order valence-electron chi connectivity index (χ2n) is 5.46. The van der Waals surface area contributed by atoms with Gasteiger partial charge in [0.05, 0.1) is 18.2 Å². The van der Waals surface area contributed by atoms with Crippen LogP contribution in [0.5, 0.6) is 0 Å². The van der Waals surface area contributed by atoms with Crippen LogP contribution in [0.1, 0.15) is 47.4 Å². The van der Waals surface area contributed by atoms with E-state index in [1.54, 1.807) is 12.1 Å². The van der Waals surface area contributed by atoms with Crippen LogP contribution in [0.15, 0.2) is 24.3 Å². The zero-order valence-corrected chi connectivity index (χ0v) is 12.7. The van der Waals surface area contributed by atoms with Gasteiger partial charge in [-0.3, -0.25) is 14.5 Å². The van der Waals surface area contributed by atoms with Crippen molar-refractivity contribution in [2.24, 2.45) is 0 Å². The molecule has 0 aliphatic carbocycles. The molecule has 0 bridgehead atoms. The summed E-state index contributed by atoms with van der Waals surface area (Å²) < 4.78 is 4.76. The van der Waals surface area contributed by atoms with Gasteiger partial charge in [0, 0.05) is 6.42 Å². The van der Waals surface area contributed by atoms with E-state index < -0.39 is 23.3 Å². The molecule has 2 amide bonds. The minimum absolute atomic E-state index is 0.0282. The van der Waals surface area contributed by atoms with Gasteiger partial charge in [-0.2, -0.15) is 0 Å². The number of amides is 2. The number of methoxy groups -OCH3 is 1. The van der Waals surface area contributed by atoms with Crippen LogP contribution in [-0.4, -0.2) is 41.1 Å². The van der Waals surface area contributed by atoms with Crippen LogP contribution in [0.4, 0.5) is 0 Å². The lowest BCUT2D eigenvalue weighted by atomic mass is 9.92. The van der Waals surface area contributed by atoms with Crippen LogP contribution in [0, 0.1) is 0 Å². The van der Waals surface area contributed by atoms with Crippen LogP contribution in [0.3, 0.4) is 0 Å². The monoisotopic (exact) mass is 303 g/mol. The number of carbonyl (C=O) groups is 4. The van der Waals surface area contributed by atoms with Crippen molar-refractivity contribution in [2.75, 3.05) is 7.11 Å². The van der Waals surface area contributed by atoms with E-state index in [9.17, 15) is 19.2 Å². The maximum atomic E-state index is 12.5. The highest BCUT2D eigenvalue weighted by Crippen LogP contribution is 2.33. The smallest absolute Gasteiger partial charge is 0.332 e. The molecule has 1 aliphatic heterocycles. The molecule has 22 heavy (non-hydrogen) atoms. The minimum Gasteiger partial charge on any atom is -0.467 e. The Kier molecular flexibility index (Phi) is 4.12. The zero-order chi connectivity index (χ0) is 16.5. The number of rotatable bonds is 5. The number of ether oxygens (including phenoxy) is 1. The fourth-order valence-electron chi connectivity index (χ4n) is 2.58. The summed E-state index contributed by atoms with van der Waals surface area (Å²) in [5, 5.41) is 0. The summed E-state index contributed by atoms with van der Waals surface area (Å²) in [6, 6.07) is 6.38. The normalized spacial score (nSPS) is 16.2. The molecule has 116 valence electrons. The summed E-state index contributed by atoms with van der Waals surface area (Å²) >= 11 is 0. The summed E-state index contributed by atoms with van der Waals surface area (Å²) in [6.45, 7) is 2.84. The van der Waals surface area contributed by atoms with Crippen LogP contribution < -0.4 is 0 Å². The summed E-state index contributed by atoms with van der Waals surface area (Å²) in [5.74, 6) is -1.94. The lowest BCUT2D eigenvalue weighted by Gasteiger charge is -2.34. The molecular formula is C16H17NO5. The van der Waals surface area contributed by atoms with Gasteiger partial charge in [-0.1, -0.05) is 12.1 Å². The number of esters is 1. The molecule has 1 aliphatic rings. The number of hydrogen-bond acceptors (Lipinski definition) is 5. The van der Waals surface area contributed by atoms with Crippen molar-refractivity contribution < 1.29 is 23.9 Å². The largest absolute Gasteiger partial charge is 0.467 e. The van der Waals surface area contributed by atoms with E-state index in [0.717, 1.165) is 4.90 Å². The van der Waals surface area contributed by atoms with Gasteiger partial charge in [0.2, 0.25) is 0 Å². The third-order valence-electron chi connectivity index (χ3n) is 3.88. The standard InChI is InChI=1S/C16H17NO5/c1-10(18)8-9-16(2,15(21)22-3)17-13(19)11-6-4-5-7-12(11)14(17)20/h4-7H,8-9H2,1-3H3. The molecule has 6 nitrogen and oxygen atoms in total. The molecule has 0 saturated carbocycles. The van der Waals surface area contributed by atoms with Gasteiger partial charge in [-0.25, -0.2) is 4.79 Å². The Labute approximate surface area is 128 Å². The van der Waals surface area contributed by atoms with E-state index in [2.05, 4.69) is 0 Å². The van der Waals surface area contributed by atoms with Crippen molar-refractivity contribution in [3.05, 3.63) is 35.4 Å². The number of hydrogen-bond donors (Lipinski definition) is 0. The molecule has 0 saturated heterocycles. The third-order valence-corrected chi connectivity index (χ3v) is 3.88. The Hall–Kier alpha value is -2.50. The molecule has 2 rings (SSSR count). The Morgan fingerprint density at radius 2 is 1.64 bits per heavy atom. The molecule has 1 aromatic rings. The average molecular weight is 303 g/mol. The Morgan fingerprint density at radius 3 is 2.05 bits per heavy atom. The molecule has 0 aromatic heterocycles. The van der Waals surface area contributed by atoms with E-state index in [0.29, 0.717) is 0 Å². The molecule has 0 fully saturated rings. The second-order valence-corrected chi connectivity index (χ2v) is 5.46. The van der Waals surface area contributed by atoms with Gasteiger partial charge in [-0.05, 0) is 32.4 Å². The van der Waals surface area contributed by atoms with Crippen molar-refractivity contribution in [3.8, 4) is 0 Å². The summed E-state index contributed by atoms with van der Waals surface area (Å²) in [6.07, 6.45) is 0.0967. The van der Waals surface area contributed by atoms with Gasteiger partial charge in [0.25, 0.3) is 11.8 Å². The molecule has 1 aromatic carbocycles.